The van der Waals surface area contributed by atoms with Crippen LogP contribution in [0.4, 0.5) is 0 Å². The van der Waals surface area contributed by atoms with Gasteiger partial charge in [-0.1, -0.05) is 0 Å². The summed E-state index contributed by atoms with van der Waals surface area (Å²) in [5.74, 6) is 0.231. The van der Waals surface area contributed by atoms with Crippen molar-refractivity contribution in [3.8, 4) is 0 Å². The van der Waals surface area contributed by atoms with Gasteiger partial charge in [0.2, 0.25) is 10.0 Å². The molecule has 0 bridgehead atoms. The fraction of sp³-hybridized carbons (Fsp3) is 1.00. The third kappa shape index (κ3) is 6.13. The zero-order chi connectivity index (χ0) is 13.6. The molecule has 2 N–H and O–H groups in total. The van der Waals surface area contributed by atoms with Crippen molar-refractivity contribution in [1.29, 1.82) is 0 Å². The Bertz CT molecular complexity index is 328. The van der Waals surface area contributed by atoms with E-state index < -0.39 is 10.0 Å². The first-order valence-electron chi connectivity index (χ1n) is 6.80. The molecular formula is C12H27N3O2S. The van der Waals surface area contributed by atoms with E-state index in [2.05, 4.69) is 28.9 Å². The SMILES string of the molecule is CNCCCCS(=O)(=O)NCC(C)N(C)C1CC1. The lowest BCUT2D eigenvalue weighted by Gasteiger charge is -2.24. The Kier molecular flexibility index (Phi) is 6.55. The predicted molar refractivity (Wildman–Crippen MR) is 75.2 cm³/mol. The van der Waals surface area contributed by atoms with Crippen LogP contribution in [0, 0.1) is 0 Å². The number of unbranched alkanes of at least 4 members (excludes halogenated alkanes) is 1. The Morgan fingerprint density at radius 2 is 2.00 bits per heavy atom. The molecule has 0 spiro atoms. The quantitative estimate of drug-likeness (QED) is 0.567. The highest BCUT2D eigenvalue weighted by atomic mass is 32.2. The summed E-state index contributed by atoms with van der Waals surface area (Å²) in [6.45, 7) is 3.46. The van der Waals surface area contributed by atoms with Gasteiger partial charge in [-0.15, -0.1) is 0 Å². The second-order valence-electron chi connectivity index (χ2n) is 5.22. The molecule has 1 atom stereocenters. The summed E-state index contributed by atoms with van der Waals surface area (Å²) in [5.41, 5.74) is 0. The molecule has 0 heterocycles. The molecule has 6 heteroatoms. The fourth-order valence-corrected chi connectivity index (χ4v) is 3.12. The van der Waals surface area contributed by atoms with Crippen LogP contribution in [-0.4, -0.2) is 58.3 Å². The summed E-state index contributed by atoms with van der Waals surface area (Å²) in [7, 11) is 0.850. The van der Waals surface area contributed by atoms with Crippen molar-refractivity contribution in [3.05, 3.63) is 0 Å². The molecule has 1 aliphatic carbocycles. The number of likely N-dealkylation sites (N-methyl/N-ethyl adjacent to an activating group) is 1. The van der Waals surface area contributed by atoms with E-state index in [1.165, 1.54) is 12.8 Å². The highest BCUT2D eigenvalue weighted by Crippen LogP contribution is 2.26. The van der Waals surface area contributed by atoms with Crippen LogP contribution in [0.5, 0.6) is 0 Å². The Balaban J connectivity index is 2.19. The zero-order valence-corrected chi connectivity index (χ0v) is 12.6. The third-order valence-electron chi connectivity index (χ3n) is 3.51. The predicted octanol–water partition coefficient (Wildman–Crippen LogP) is 0.388. The number of hydrogen-bond acceptors (Lipinski definition) is 4. The Labute approximate surface area is 111 Å². The van der Waals surface area contributed by atoms with E-state index in [0.29, 0.717) is 19.0 Å². The summed E-state index contributed by atoms with van der Waals surface area (Å²) in [6, 6.07) is 0.935. The van der Waals surface area contributed by atoms with Gasteiger partial charge in [0.15, 0.2) is 0 Å². The first-order chi connectivity index (χ1) is 8.46. The normalized spacial score (nSPS) is 18.2. The van der Waals surface area contributed by atoms with Crippen molar-refractivity contribution >= 4 is 10.0 Å². The maximum atomic E-state index is 11.8. The summed E-state index contributed by atoms with van der Waals surface area (Å²) in [6.07, 6.45) is 4.10. The number of sulfonamides is 1. The Hall–Kier alpha value is -0.170. The van der Waals surface area contributed by atoms with E-state index in [-0.39, 0.29) is 11.8 Å². The van der Waals surface area contributed by atoms with Crippen LogP contribution >= 0.6 is 0 Å². The van der Waals surface area contributed by atoms with E-state index in [9.17, 15) is 8.42 Å². The van der Waals surface area contributed by atoms with Crippen LogP contribution < -0.4 is 10.0 Å². The minimum absolute atomic E-state index is 0.231. The van der Waals surface area contributed by atoms with E-state index >= 15 is 0 Å². The Morgan fingerprint density at radius 3 is 2.56 bits per heavy atom. The molecule has 0 aromatic heterocycles. The maximum absolute atomic E-state index is 11.8. The van der Waals surface area contributed by atoms with Gasteiger partial charge in [0.1, 0.15) is 0 Å². The van der Waals surface area contributed by atoms with Gasteiger partial charge in [-0.05, 0) is 53.2 Å². The summed E-state index contributed by atoms with van der Waals surface area (Å²) >= 11 is 0. The van der Waals surface area contributed by atoms with Crippen LogP contribution in [0.25, 0.3) is 0 Å². The molecule has 0 radical (unpaired) electrons. The average Bonchev–Trinajstić information content (AvgIpc) is 3.15. The number of rotatable bonds is 10. The van der Waals surface area contributed by atoms with Gasteiger partial charge in [0.25, 0.3) is 0 Å². The van der Waals surface area contributed by atoms with Crippen molar-refractivity contribution in [2.75, 3.05) is 32.9 Å². The molecule has 0 aromatic rings. The molecule has 0 aliphatic heterocycles. The molecule has 5 nitrogen and oxygen atoms in total. The molecule has 108 valence electrons. The van der Waals surface area contributed by atoms with E-state index in [0.717, 1.165) is 13.0 Å². The van der Waals surface area contributed by atoms with E-state index in [1.54, 1.807) is 0 Å². The first-order valence-corrected chi connectivity index (χ1v) is 8.45. The van der Waals surface area contributed by atoms with Crippen LogP contribution in [0.2, 0.25) is 0 Å². The minimum atomic E-state index is -3.10. The number of nitrogens with zero attached hydrogens (tertiary/aromatic N) is 1. The van der Waals surface area contributed by atoms with Gasteiger partial charge in [0.05, 0.1) is 5.75 Å². The van der Waals surface area contributed by atoms with Crippen LogP contribution in [0.3, 0.4) is 0 Å². The summed E-state index contributed by atoms with van der Waals surface area (Å²) in [5, 5.41) is 3.02. The number of hydrogen-bond donors (Lipinski definition) is 2. The largest absolute Gasteiger partial charge is 0.320 e. The van der Waals surface area contributed by atoms with Gasteiger partial charge in [-0.25, -0.2) is 13.1 Å². The summed E-state index contributed by atoms with van der Waals surface area (Å²) < 4.78 is 26.2. The Morgan fingerprint density at radius 1 is 1.33 bits per heavy atom. The first kappa shape index (κ1) is 15.9. The molecule has 0 aromatic carbocycles. The smallest absolute Gasteiger partial charge is 0.211 e. The molecule has 1 rings (SSSR count). The van der Waals surface area contributed by atoms with E-state index in [4.69, 9.17) is 0 Å². The number of nitrogens with one attached hydrogen (secondary N) is 2. The lowest BCUT2D eigenvalue weighted by atomic mass is 10.3. The van der Waals surface area contributed by atoms with Crippen molar-refractivity contribution < 1.29 is 8.42 Å². The van der Waals surface area contributed by atoms with E-state index in [1.807, 2.05) is 7.05 Å². The lowest BCUT2D eigenvalue weighted by Crippen LogP contribution is -2.41. The second-order valence-corrected chi connectivity index (χ2v) is 7.15. The molecule has 1 aliphatic rings. The lowest BCUT2D eigenvalue weighted by molar-refractivity contribution is 0.248. The van der Waals surface area contributed by atoms with Gasteiger partial charge in [-0.3, -0.25) is 4.90 Å². The molecule has 1 unspecified atom stereocenters. The molecule has 0 amide bonds. The van der Waals surface area contributed by atoms with Crippen LogP contribution in [-0.2, 0) is 10.0 Å². The molecular weight excluding hydrogens is 250 g/mol. The van der Waals surface area contributed by atoms with Gasteiger partial charge < -0.3 is 5.32 Å². The standard InChI is InChI=1S/C12H27N3O2S/c1-11(15(3)12-6-7-12)10-14-18(16,17)9-5-4-8-13-2/h11-14H,4-10H2,1-3H3. The van der Waals surface area contributed by atoms with Crippen LogP contribution in [0.1, 0.15) is 32.6 Å². The molecule has 18 heavy (non-hydrogen) atoms. The topological polar surface area (TPSA) is 61.4 Å². The van der Waals surface area contributed by atoms with Gasteiger partial charge >= 0.3 is 0 Å². The minimum Gasteiger partial charge on any atom is -0.320 e. The van der Waals surface area contributed by atoms with Gasteiger partial charge in [-0.2, -0.15) is 0 Å². The van der Waals surface area contributed by atoms with Crippen molar-refractivity contribution in [2.24, 2.45) is 0 Å². The van der Waals surface area contributed by atoms with Crippen molar-refractivity contribution in [1.82, 2.24) is 14.9 Å². The van der Waals surface area contributed by atoms with Crippen molar-refractivity contribution in [2.45, 2.75) is 44.7 Å². The highest BCUT2D eigenvalue weighted by Gasteiger charge is 2.29. The average molecular weight is 277 g/mol. The van der Waals surface area contributed by atoms with Crippen molar-refractivity contribution in [3.63, 3.8) is 0 Å². The highest BCUT2D eigenvalue weighted by molar-refractivity contribution is 7.89. The van der Waals surface area contributed by atoms with Gasteiger partial charge in [0, 0.05) is 18.6 Å². The molecule has 0 saturated heterocycles. The zero-order valence-electron chi connectivity index (χ0n) is 11.8. The van der Waals surface area contributed by atoms with Crippen LogP contribution in [0.15, 0.2) is 0 Å². The maximum Gasteiger partial charge on any atom is 0.211 e. The molecule has 1 saturated carbocycles. The third-order valence-corrected chi connectivity index (χ3v) is 4.94. The monoisotopic (exact) mass is 277 g/mol. The second kappa shape index (κ2) is 7.43. The molecule has 1 fully saturated rings. The summed E-state index contributed by atoms with van der Waals surface area (Å²) in [4.78, 5) is 2.27. The fourth-order valence-electron chi connectivity index (χ4n) is 1.90.